The average Bonchev–Trinajstić information content (AvgIpc) is 2.15. The molecule has 6 nitrogen and oxygen atoms in total. The molecule has 6 heteroatoms. The van der Waals surface area contributed by atoms with Crippen LogP contribution in [0.15, 0.2) is 18.2 Å². The Morgan fingerprint density at radius 1 is 1.33 bits per heavy atom. The van der Waals surface area contributed by atoms with Crippen molar-refractivity contribution in [2.45, 2.75) is 0 Å². The molecule has 1 aromatic carbocycles. The van der Waals surface area contributed by atoms with Crippen molar-refractivity contribution in [3.05, 3.63) is 23.8 Å². The fourth-order valence-electron chi connectivity index (χ4n) is 1.14. The van der Waals surface area contributed by atoms with Crippen molar-refractivity contribution in [2.75, 3.05) is 12.4 Å². The second-order valence-electron chi connectivity index (χ2n) is 2.62. The molecule has 0 bridgehead atoms. The number of hydrogen-bond acceptors (Lipinski definition) is 3. The number of aromatic carboxylic acids is 1. The van der Waals surface area contributed by atoms with Crippen molar-refractivity contribution in [1.82, 2.24) is 0 Å². The first-order valence-electron chi connectivity index (χ1n) is 3.96. The van der Waals surface area contributed by atoms with Gasteiger partial charge in [0.15, 0.2) is 0 Å². The number of benzene rings is 1. The fraction of sp³-hybridized carbons (Fsp3) is 0.111. The number of nitrogens with one attached hydrogen (secondary N) is 1. The number of anilines is 1. The molecule has 0 aromatic heterocycles. The molecular formula is C9H9NO5. The van der Waals surface area contributed by atoms with Crippen molar-refractivity contribution in [3.8, 4) is 5.75 Å². The highest BCUT2D eigenvalue weighted by Crippen LogP contribution is 2.26. The van der Waals surface area contributed by atoms with Crippen LogP contribution in [0.25, 0.3) is 0 Å². The molecule has 0 radical (unpaired) electrons. The van der Waals surface area contributed by atoms with Gasteiger partial charge in [-0.25, -0.2) is 9.59 Å². The Labute approximate surface area is 85.1 Å². The molecule has 1 aromatic rings. The smallest absolute Gasteiger partial charge is 0.409 e. The lowest BCUT2D eigenvalue weighted by atomic mass is 10.1. The summed E-state index contributed by atoms with van der Waals surface area (Å²) < 4.78 is 4.82. The maximum Gasteiger partial charge on any atom is 0.409 e. The lowest BCUT2D eigenvalue weighted by Crippen LogP contribution is -2.12. The van der Waals surface area contributed by atoms with Gasteiger partial charge >= 0.3 is 12.1 Å². The van der Waals surface area contributed by atoms with Crippen LogP contribution in [0, 0.1) is 0 Å². The molecule has 0 aliphatic heterocycles. The summed E-state index contributed by atoms with van der Waals surface area (Å²) in [5, 5.41) is 19.4. The van der Waals surface area contributed by atoms with E-state index in [1.165, 1.54) is 25.3 Å². The van der Waals surface area contributed by atoms with Gasteiger partial charge in [0.25, 0.3) is 0 Å². The molecule has 0 unspecified atom stereocenters. The van der Waals surface area contributed by atoms with Crippen molar-refractivity contribution in [3.63, 3.8) is 0 Å². The van der Waals surface area contributed by atoms with Gasteiger partial charge < -0.3 is 14.9 Å². The first-order valence-corrected chi connectivity index (χ1v) is 3.96. The van der Waals surface area contributed by atoms with E-state index in [-0.39, 0.29) is 17.0 Å². The molecule has 0 saturated heterocycles. The van der Waals surface area contributed by atoms with Gasteiger partial charge in [-0.1, -0.05) is 6.07 Å². The van der Waals surface area contributed by atoms with Crippen LogP contribution in [0.4, 0.5) is 10.5 Å². The van der Waals surface area contributed by atoms with Gasteiger partial charge in [0.1, 0.15) is 11.3 Å². The van der Waals surface area contributed by atoms with Gasteiger partial charge in [-0.05, 0) is 12.1 Å². The van der Waals surface area contributed by atoms with E-state index in [1.54, 1.807) is 0 Å². The van der Waals surface area contributed by atoms with Crippen molar-refractivity contribution >= 4 is 17.7 Å². The highest BCUT2D eigenvalue weighted by Gasteiger charge is 2.17. The minimum atomic E-state index is -1.33. The number of ether oxygens (including phenoxy) is 1. The van der Waals surface area contributed by atoms with Crippen LogP contribution < -0.4 is 10.1 Å². The Kier molecular flexibility index (Phi) is 3.12. The van der Waals surface area contributed by atoms with E-state index in [0.29, 0.717) is 0 Å². The van der Waals surface area contributed by atoms with E-state index < -0.39 is 12.1 Å². The van der Waals surface area contributed by atoms with Crippen LogP contribution in [0.5, 0.6) is 5.75 Å². The molecule has 0 aliphatic rings. The largest absolute Gasteiger partial charge is 0.496 e. The SMILES string of the molecule is COc1cccc(NC(=O)O)c1C(=O)O. The van der Waals surface area contributed by atoms with Crippen LogP contribution in [0.1, 0.15) is 10.4 Å². The Hall–Kier alpha value is -2.24. The molecule has 0 fully saturated rings. The Morgan fingerprint density at radius 2 is 2.00 bits per heavy atom. The van der Waals surface area contributed by atoms with Gasteiger partial charge in [-0.15, -0.1) is 0 Å². The normalized spacial score (nSPS) is 9.40. The fourth-order valence-corrected chi connectivity index (χ4v) is 1.14. The van der Waals surface area contributed by atoms with Crippen molar-refractivity contribution in [1.29, 1.82) is 0 Å². The molecule has 0 atom stereocenters. The summed E-state index contributed by atoms with van der Waals surface area (Å²) in [4.78, 5) is 21.3. The van der Waals surface area contributed by atoms with Gasteiger partial charge in [0.05, 0.1) is 12.8 Å². The quantitative estimate of drug-likeness (QED) is 0.703. The Morgan fingerprint density at radius 3 is 2.47 bits per heavy atom. The minimum absolute atomic E-state index is 0.0191. The Balaban J connectivity index is 3.25. The zero-order valence-corrected chi connectivity index (χ0v) is 7.85. The van der Waals surface area contributed by atoms with Crippen LogP contribution in [0.2, 0.25) is 0 Å². The van der Waals surface area contributed by atoms with E-state index in [4.69, 9.17) is 14.9 Å². The number of hydrogen-bond donors (Lipinski definition) is 3. The van der Waals surface area contributed by atoms with Gasteiger partial charge in [0.2, 0.25) is 0 Å². The third kappa shape index (κ3) is 2.37. The molecule has 3 N–H and O–H groups in total. The van der Waals surface area contributed by atoms with Gasteiger partial charge in [-0.2, -0.15) is 0 Å². The molecule has 1 amide bonds. The zero-order chi connectivity index (χ0) is 11.4. The van der Waals surface area contributed by atoms with Crippen LogP contribution in [0.3, 0.4) is 0 Å². The highest BCUT2D eigenvalue weighted by atomic mass is 16.5. The number of carbonyl (C=O) groups is 2. The third-order valence-corrected chi connectivity index (χ3v) is 1.70. The summed E-state index contributed by atoms with van der Waals surface area (Å²) in [6.45, 7) is 0. The second kappa shape index (κ2) is 4.32. The molecule has 0 heterocycles. The summed E-state index contributed by atoms with van der Waals surface area (Å²) in [6, 6.07) is 4.28. The summed E-state index contributed by atoms with van der Waals surface area (Å²) in [7, 11) is 1.31. The van der Waals surface area contributed by atoms with Gasteiger partial charge in [-0.3, -0.25) is 5.32 Å². The molecule has 15 heavy (non-hydrogen) atoms. The second-order valence-corrected chi connectivity index (χ2v) is 2.62. The topological polar surface area (TPSA) is 95.9 Å². The highest BCUT2D eigenvalue weighted by molar-refractivity contribution is 6.00. The van der Waals surface area contributed by atoms with E-state index in [0.717, 1.165) is 0 Å². The first kappa shape index (κ1) is 10.8. The monoisotopic (exact) mass is 211 g/mol. The van der Waals surface area contributed by atoms with Crippen molar-refractivity contribution < 1.29 is 24.5 Å². The predicted molar refractivity (Wildman–Crippen MR) is 51.6 cm³/mol. The summed E-state index contributed by atoms with van der Waals surface area (Å²) in [5.74, 6) is -1.15. The van der Waals surface area contributed by atoms with Gasteiger partial charge in [0, 0.05) is 0 Å². The molecule has 1 rings (SSSR count). The summed E-state index contributed by atoms with van der Waals surface area (Å²) >= 11 is 0. The number of amides is 1. The first-order chi connectivity index (χ1) is 7.06. The lowest BCUT2D eigenvalue weighted by Gasteiger charge is -2.09. The van der Waals surface area contributed by atoms with Crippen LogP contribution in [-0.2, 0) is 0 Å². The number of carboxylic acid groups (broad SMARTS) is 2. The summed E-state index contributed by atoms with van der Waals surface area (Å²) in [6.07, 6.45) is -1.33. The van der Waals surface area contributed by atoms with Crippen LogP contribution in [-0.4, -0.2) is 29.4 Å². The third-order valence-electron chi connectivity index (χ3n) is 1.70. The minimum Gasteiger partial charge on any atom is -0.496 e. The molecule has 0 aliphatic carbocycles. The molecule has 0 spiro atoms. The lowest BCUT2D eigenvalue weighted by molar-refractivity contribution is 0.0694. The maximum absolute atomic E-state index is 10.9. The summed E-state index contributed by atoms with van der Waals surface area (Å²) in [5.41, 5.74) is -0.225. The van der Waals surface area contributed by atoms with E-state index in [2.05, 4.69) is 0 Å². The number of methoxy groups -OCH3 is 1. The standard InChI is InChI=1S/C9H9NO5/c1-15-6-4-2-3-5(10-9(13)14)7(6)8(11)12/h2-4,10H,1H3,(H,11,12)(H,13,14). The number of rotatable bonds is 3. The van der Waals surface area contributed by atoms with Crippen LogP contribution >= 0.6 is 0 Å². The van der Waals surface area contributed by atoms with E-state index in [1.807, 2.05) is 5.32 Å². The average molecular weight is 211 g/mol. The Bertz CT molecular complexity index is 401. The zero-order valence-electron chi connectivity index (χ0n) is 7.85. The van der Waals surface area contributed by atoms with E-state index >= 15 is 0 Å². The van der Waals surface area contributed by atoms with Crippen molar-refractivity contribution in [2.24, 2.45) is 0 Å². The molecular weight excluding hydrogens is 202 g/mol. The number of carboxylic acids is 1. The molecule has 80 valence electrons. The van der Waals surface area contributed by atoms with E-state index in [9.17, 15) is 9.59 Å². The molecule has 0 saturated carbocycles. The predicted octanol–water partition coefficient (Wildman–Crippen LogP) is 1.48. The maximum atomic E-state index is 10.9.